The van der Waals surface area contributed by atoms with E-state index in [1.807, 2.05) is 38.1 Å². The number of carbonyl (C=O) groups excluding carboxylic acids is 1. The van der Waals surface area contributed by atoms with Gasteiger partial charge < -0.3 is 9.64 Å². The van der Waals surface area contributed by atoms with Gasteiger partial charge in [-0.2, -0.15) is 0 Å². The number of rotatable bonds is 5. The van der Waals surface area contributed by atoms with E-state index in [0.29, 0.717) is 17.3 Å². The van der Waals surface area contributed by atoms with Gasteiger partial charge in [-0.15, -0.1) is 5.10 Å². The van der Waals surface area contributed by atoms with E-state index in [-0.39, 0.29) is 11.9 Å². The standard InChI is InChI=1S/C17H24N4O2/c1-11(2)12(3)20(5)17(22)16-13(4)21(19-18-16)14-8-7-9-15(10-14)23-6/h7-12H,1-6H3/t12-/m1/s1. The molecule has 0 aliphatic heterocycles. The van der Waals surface area contributed by atoms with Gasteiger partial charge in [0.15, 0.2) is 5.69 Å². The Morgan fingerprint density at radius 3 is 2.61 bits per heavy atom. The minimum absolute atomic E-state index is 0.113. The molecule has 1 aromatic heterocycles. The first-order valence-electron chi connectivity index (χ1n) is 7.70. The van der Waals surface area contributed by atoms with Gasteiger partial charge in [0.1, 0.15) is 5.75 Å². The average Bonchev–Trinajstić information content (AvgIpc) is 2.94. The van der Waals surface area contributed by atoms with Crippen LogP contribution in [0.2, 0.25) is 0 Å². The zero-order chi connectivity index (χ0) is 17.1. The second kappa shape index (κ2) is 6.81. The number of amides is 1. The first-order chi connectivity index (χ1) is 10.9. The van der Waals surface area contributed by atoms with Crippen LogP contribution in [-0.4, -0.2) is 46.0 Å². The maximum Gasteiger partial charge on any atom is 0.276 e. The van der Waals surface area contributed by atoms with Gasteiger partial charge >= 0.3 is 0 Å². The van der Waals surface area contributed by atoms with Gasteiger partial charge in [0, 0.05) is 19.2 Å². The van der Waals surface area contributed by atoms with Crippen molar-refractivity contribution in [1.82, 2.24) is 19.9 Å². The van der Waals surface area contributed by atoms with Crippen molar-refractivity contribution in [3.63, 3.8) is 0 Å². The molecule has 2 rings (SSSR count). The fourth-order valence-corrected chi connectivity index (χ4v) is 2.31. The molecule has 0 saturated heterocycles. The predicted octanol–water partition coefficient (Wildman–Crippen LogP) is 2.70. The molecular formula is C17H24N4O2. The van der Waals surface area contributed by atoms with Crippen LogP contribution in [0.3, 0.4) is 0 Å². The van der Waals surface area contributed by atoms with E-state index in [1.165, 1.54) is 0 Å². The number of methoxy groups -OCH3 is 1. The van der Waals surface area contributed by atoms with Gasteiger partial charge in [-0.25, -0.2) is 4.68 Å². The number of aromatic nitrogens is 3. The van der Waals surface area contributed by atoms with E-state index in [1.54, 1.807) is 23.7 Å². The van der Waals surface area contributed by atoms with Crippen LogP contribution < -0.4 is 4.74 Å². The lowest BCUT2D eigenvalue weighted by Gasteiger charge is -2.27. The van der Waals surface area contributed by atoms with Crippen molar-refractivity contribution in [2.75, 3.05) is 14.2 Å². The lowest BCUT2D eigenvalue weighted by atomic mass is 10.0. The second-order valence-electron chi connectivity index (χ2n) is 6.04. The Labute approximate surface area is 137 Å². The van der Waals surface area contributed by atoms with E-state index in [4.69, 9.17) is 4.74 Å². The van der Waals surface area contributed by atoms with Gasteiger partial charge in [-0.05, 0) is 31.9 Å². The molecule has 0 bridgehead atoms. The molecule has 0 fully saturated rings. The summed E-state index contributed by atoms with van der Waals surface area (Å²) in [5.41, 5.74) is 1.90. The van der Waals surface area contributed by atoms with Crippen LogP contribution in [0, 0.1) is 12.8 Å². The summed E-state index contributed by atoms with van der Waals surface area (Å²) in [7, 11) is 3.42. The van der Waals surface area contributed by atoms with Crippen molar-refractivity contribution < 1.29 is 9.53 Å². The van der Waals surface area contributed by atoms with Crippen molar-refractivity contribution in [1.29, 1.82) is 0 Å². The summed E-state index contributed by atoms with van der Waals surface area (Å²) in [6.45, 7) is 8.06. The number of hydrogen-bond donors (Lipinski definition) is 0. The Morgan fingerprint density at radius 1 is 1.30 bits per heavy atom. The van der Waals surface area contributed by atoms with Crippen molar-refractivity contribution in [2.45, 2.75) is 33.7 Å². The molecule has 1 atom stereocenters. The Kier molecular flexibility index (Phi) is 5.03. The van der Waals surface area contributed by atoms with Crippen molar-refractivity contribution >= 4 is 5.91 Å². The zero-order valence-corrected chi connectivity index (χ0v) is 14.6. The van der Waals surface area contributed by atoms with Gasteiger partial charge in [-0.3, -0.25) is 4.79 Å². The monoisotopic (exact) mass is 316 g/mol. The van der Waals surface area contributed by atoms with Crippen LogP contribution in [0.4, 0.5) is 0 Å². The van der Waals surface area contributed by atoms with Crippen molar-refractivity contribution in [3.05, 3.63) is 35.7 Å². The highest BCUT2D eigenvalue weighted by Crippen LogP contribution is 2.19. The van der Waals surface area contributed by atoms with E-state index in [9.17, 15) is 4.79 Å². The lowest BCUT2D eigenvalue weighted by molar-refractivity contribution is 0.0700. The van der Waals surface area contributed by atoms with Gasteiger partial charge in [0.25, 0.3) is 5.91 Å². The van der Waals surface area contributed by atoms with Crippen molar-refractivity contribution in [2.24, 2.45) is 5.92 Å². The normalized spacial score (nSPS) is 12.3. The summed E-state index contributed by atoms with van der Waals surface area (Å²) in [4.78, 5) is 14.4. The summed E-state index contributed by atoms with van der Waals surface area (Å²) < 4.78 is 6.89. The molecular weight excluding hydrogens is 292 g/mol. The molecule has 1 heterocycles. The van der Waals surface area contributed by atoms with Crippen LogP contribution in [-0.2, 0) is 0 Å². The lowest BCUT2D eigenvalue weighted by Crippen LogP contribution is -2.38. The predicted molar refractivity (Wildman–Crippen MR) is 89.0 cm³/mol. The third-order valence-corrected chi connectivity index (χ3v) is 4.29. The van der Waals surface area contributed by atoms with Crippen LogP contribution in [0.15, 0.2) is 24.3 Å². The Hall–Kier alpha value is -2.37. The summed E-state index contributed by atoms with van der Waals surface area (Å²) in [6.07, 6.45) is 0. The molecule has 0 aliphatic carbocycles. The highest BCUT2D eigenvalue weighted by Gasteiger charge is 2.25. The summed E-state index contributed by atoms with van der Waals surface area (Å²) >= 11 is 0. The molecule has 124 valence electrons. The molecule has 1 amide bonds. The fourth-order valence-electron chi connectivity index (χ4n) is 2.31. The summed E-state index contributed by atoms with van der Waals surface area (Å²) in [5.74, 6) is 0.992. The van der Waals surface area contributed by atoms with E-state index >= 15 is 0 Å². The topological polar surface area (TPSA) is 60.2 Å². The molecule has 2 aromatic rings. The zero-order valence-electron chi connectivity index (χ0n) is 14.6. The first kappa shape index (κ1) is 17.0. The molecule has 1 aromatic carbocycles. The largest absolute Gasteiger partial charge is 0.497 e. The second-order valence-corrected chi connectivity index (χ2v) is 6.04. The maximum absolute atomic E-state index is 12.7. The van der Waals surface area contributed by atoms with Gasteiger partial charge in [-0.1, -0.05) is 25.1 Å². The molecule has 23 heavy (non-hydrogen) atoms. The summed E-state index contributed by atoms with van der Waals surface area (Å²) in [6, 6.07) is 7.63. The average molecular weight is 316 g/mol. The highest BCUT2D eigenvalue weighted by molar-refractivity contribution is 5.93. The molecule has 0 spiro atoms. The highest BCUT2D eigenvalue weighted by atomic mass is 16.5. The van der Waals surface area contributed by atoms with Crippen LogP contribution in [0.1, 0.15) is 37.0 Å². The number of nitrogens with zero attached hydrogens (tertiary/aromatic N) is 4. The molecule has 6 heteroatoms. The minimum Gasteiger partial charge on any atom is -0.497 e. The van der Waals surface area contributed by atoms with Crippen molar-refractivity contribution in [3.8, 4) is 11.4 Å². The number of carbonyl (C=O) groups is 1. The van der Waals surface area contributed by atoms with Gasteiger partial charge in [0.05, 0.1) is 18.5 Å². The third-order valence-electron chi connectivity index (χ3n) is 4.29. The first-order valence-corrected chi connectivity index (χ1v) is 7.70. The molecule has 0 saturated carbocycles. The Bertz CT molecular complexity index is 694. The SMILES string of the molecule is COc1cccc(-n2nnc(C(=O)N(C)[C@H](C)C(C)C)c2C)c1. The molecule has 0 aliphatic rings. The number of benzene rings is 1. The molecule has 6 nitrogen and oxygen atoms in total. The van der Waals surface area contributed by atoms with Crippen LogP contribution >= 0.6 is 0 Å². The van der Waals surface area contributed by atoms with E-state index in [0.717, 1.165) is 11.4 Å². The van der Waals surface area contributed by atoms with E-state index in [2.05, 4.69) is 24.2 Å². The van der Waals surface area contributed by atoms with Crippen LogP contribution in [0.5, 0.6) is 5.75 Å². The molecule has 0 N–H and O–H groups in total. The van der Waals surface area contributed by atoms with E-state index < -0.39 is 0 Å². The molecule has 0 unspecified atom stereocenters. The fraction of sp³-hybridized carbons (Fsp3) is 0.471. The van der Waals surface area contributed by atoms with Crippen LogP contribution in [0.25, 0.3) is 5.69 Å². The Balaban J connectivity index is 2.33. The number of ether oxygens (including phenoxy) is 1. The quantitative estimate of drug-likeness (QED) is 0.851. The minimum atomic E-state index is -0.113. The third kappa shape index (κ3) is 3.36. The maximum atomic E-state index is 12.7. The summed E-state index contributed by atoms with van der Waals surface area (Å²) in [5, 5.41) is 8.22. The Morgan fingerprint density at radius 2 is 2.00 bits per heavy atom. The van der Waals surface area contributed by atoms with Gasteiger partial charge in [0.2, 0.25) is 0 Å². The molecule has 0 radical (unpaired) electrons. The smallest absolute Gasteiger partial charge is 0.276 e. The number of hydrogen-bond acceptors (Lipinski definition) is 4.